The van der Waals surface area contributed by atoms with Gasteiger partial charge in [0.05, 0.1) is 11.9 Å². The Balaban J connectivity index is 1.84. The number of hydrogen-bond donors (Lipinski definition) is 1. The van der Waals surface area contributed by atoms with E-state index in [2.05, 4.69) is 55.5 Å². The molecule has 112 valence electrons. The third-order valence-electron chi connectivity index (χ3n) is 4.52. The van der Waals surface area contributed by atoms with Crippen LogP contribution in [0.25, 0.3) is 16.5 Å². The Kier molecular flexibility index (Phi) is 3.32. The van der Waals surface area contributed by atoms with Crippen molar-refractivity contribution in [2.24, 2.45) is 0 Å². The van der Waals surface area contributed by atoms with Crippen LogP contribution in [0.1, 0.15) is 12.5 Å². The average molecular weight is 300 g/mol. The molecule has 2 heteroatoms. The second kappa shape index (κ2) is 5.49. The number of allylic oxidation sites excluding steroid dienone is 7. The molecule has 1 N–H and O–H groups in total. The quantitative estimate of drug-likeness (QED) is 0.902. The molecule has 0 radical (unpaired) electrons. The van der Waals surface area contributed by atoms with Gasteiger partial charge in [-0.15, -0.1) is 0 Å². The molecule has 2 nitrogen and oxygen atoms in total. The van der Waals surface area contributed by atoms with Crippen LogP contribution in [-0.4, -0.2) is 12.3 Å². The van der Waals surface area contributed by atoms with E-state index < -0.39 is 0 Å². The van der Waals surface area contributed by atoms with Gasteiger partial charge < -0.3 is 0 Å². The van der Waals surface area contributed by atoms with Crippen LogP contribution in [0.5, 0.6) is 0 Å². The summed E-state index contributed by atoms with van der Waals surface area (Å²) in [5.41, 5.74) is 5.02. The SMILES string of the molecule is CC[NH+]1C(=CC=C2C=CC(=O)C=C2)c2cccc3cccc1c23. The molecular weight excluding hydrogens is 282 g/mol. The molecule has 4 rings (SSSR count). The molecule has 23 heavy (non-hydrogen) atoms. The minimum atomic E-state index is 0.0497. The van der Waals surface area contributed by atoms with Crippen molar-refractivity contribution < 1.29 is 9.69 Å². The average Bonchev–Trinajstić information content (AvgIpc) is 2.90. The van der Waals surface area contributed by atoms with E-state index >= 15 is 0 Å². The monoisotopic (exact) mass is 300 g/mol. The maximum absolute atomic E-state index is 11.2. The molecule has 1 unspecified atom stereocenters. The summed E-state index contributed by atoms with van der Waals surface area (Å²) in [7, 11) is 0. The summed E-state index contributed by atoms with van der Waals surface area (Å²) in [6.07, 6.45) is 11.2. The molecule has 1 heterocycles. The number of rotatable bonds is 2. The number of benzene rings is 2. The third-order valence-corrected chi connectivity index (χ3v) is 4.52. The highest BCUT2D eigenvalue weighted by atomic mass is 16.1. The van der Waals surface area contributed by atoms with Crippen molar-refractivity contribution in [2.45, 2.75) is 6.92 Å². The van der Waals surface area contributed by atoms with E-state index in [1.807, 2.05) is 12.2 Å². The van der Waals surface area contributed by atoms with Crippen LogP contribution in [-0.2, 0) is 4.79 Å². The topological polar surface area (TPSA) is 21.5 Å². The van der Waals surface area contributed by atoms with Gasteiger partial charge >= 0.3 is 0 Å². The number of ketones is 1. The van der Waals surface area contributed by atoms with Gasteiger partial charge in [-0.1, -0.05) is 36.4 Å². The maximum atomic E-state index is 11.2. The zero-order valence-corrected chi connectivity index (χ0v) is 13.0. The molecule has 1 atom stereocenters. The van der Waals surface area contributed by atoms with Crippen LogP contribution in [0, 0.1) is 0 Å². The molecule has 2 aromatic carbocycles. The van der Waals surface area contributed by atoms with Gasteiger partial charge in [0.1, 0.15) is 11.4 Å². The first-order valence-corrected chi connectivity index (χ1v) is 7.98. The second-order valence-corrected chi connectivity index (χ2v) is 5.86. The van der Waals surface area contributed by atoms with Gasteiger partial charge in [-0.3, -0.25) is 9.69 Å². The van der Waals surface area contributed by atoms with Gasteiger partial charge in [-0.05, 0) is 42.2 Å². The van der Waals surface area contributed by atoms with E-state index in [0.29, 0.717) is 0 Å². The van der Waals surface area contributed by atoms with Gasteiger partial charge in [-0.2, -0.15) is 0 Å². The van der Waals surface area contributed by atoms with Crippen LogP contribution in [0.4, 0.5) is 5.69 Å². The summed E-state index contributed by atoms with van der Waals surface area (Å²) in [6.45, 7) is 3.22. The second-order valence-electron chi connectivity index (χ2n) is 5.86. The summed E-state index contributed by atoms with van der Waals surface area (Å²) < 4.78 is 0. The summed E-state index contributed by atoms with van der Waals surface area (Å²) in [6, 6.07) is 13.0. The molecule has 0 saturated carbocycles. The van der Waals surface area contributed by atoms with Crippen molar-refractivity contribution in [3.8, 4) is 0 Å². The maximum Gasteiger partial charge on any atom is 0.178 e. The standard InChI is InChI=1S/C21H17NO/c1-2-22-19(14-11-15-9-12-17(23)13-10-15)18-7-3-5-16-6-4-8-20(22)21(16)18/h3-14H,2H2,1H3/p+1. The van der Waals surface area contributed by atoms with Crippen LogP contribution >= 0.6 is 0 Å². The van der Waals surface area contributed by atoms with Crippen molar-refractivity contribution in [2.75, 3.05) is 6.54 Å². The summed E-state index contributed by atoms with van der Waals surface area (Å²) in [5.74, 6) is 0.0497. The highest BCUT2D eigenvalue weighted by Crippen LogP contribution is 2.33. The van der Waals surface area contributed by atoms with Gasteiger partial charge in [0.2, 0.25) is 0 Å². The van der Waals surface area contributed by atoms with E-state index in [9.17, 15) is 4.79 Å². The summed E-state index contributed by atoms with van der Waals surface area (Å²) >= 11 is 0. The molecule has 0 amide bonds. The van der Waals surface area contributed by atoms with Crippen molar-refractivity contribution in [3.63, 3.8) is 0 Å². The molecule has 0 bridgehead atoms. The van der Waals surface area contributed by atoms with Crippen LogP contribution in [0.2, 0.25) is 0 Å². The number of quaternary nitrogens is 1. The molecule has 0 saturated heterocycles. The zero-order valence-electron chi connectivity index (χ0n) is 13.0. The Morgan fingerprint density at radius 3 is 2.43 bits per heavy atom. The smallest absolute Gasteiger partial charge is 0.178 e. The first kappa shape index (κ1) is 13.9. The molecule has 0 fully saturated rings. The summed E-state index contributed by atoms with van der Waals surface area (Å²) in [4.78, 5) is 12.6. The van der Waals surface area contributed by atoms with Gasteiger partial charge in [0, 0.05) is 17.7 Å². The molecule has 0 spiro atoms. The van der Waals surface area contributed by atoms with Crippen LogP contribution in [0.3, 0.4) is 0 Å². The number of carbonyl (C=O) groups is 1. The van der Waals surface area contributed by atoms with Crippen molar-refractivity contribution >= 4 is 27.9 Å². The first-order chi connectivity index (χ1) is 11.3. The predicted octanol–water partition coefficient (Wildman–Crippen LogP) is 3.35. The minimum absolute atomic E-state index is 0.0497. The lowest BCUT2D eigenvalue weighted by molar-refractivity contribution is -0.746. The Morgan fingerprint density at radius 2 is 1.70 bits per heavy atom. The lowest BCUT2D eigenvalue weighted by Gasteiger charge is -2.12. The van der Waals surface area contributed by atoms with Crippen LogP contribution in [0.15, 0.2) is 78.4 Å². The molecule has 1 aliphatic carbocycles. The normalized spacial score (nSPS) is 20.7. The Hall–Kier alpha value is -2.71. The Bertz CT molecular complexity index is 905. The molecule has 2 aromatic rings. The molecule has 2 aliphatic rings. The van der Waals surface area contributed by atoms with E-state index in [1.54, 1.807) is 12.2 Å². The Morgan fingerprint density at radius 1 is 0.957 bits per heavy atom. The van der Waals surface area contributed by atoms with Crippen molar-refractivity contribution in [3.05, 3.63) is 84.0 Å². The Labute approximate surface area is 135 Å². The van der Waals surface area contributed by atoms with E-state index in [0.717, 1.165) is 12.1 Å². The zero-order chi connectivity index (χ0) is 15.8. The van der Waals surface area contributed by atoms with Crippen LogP contribution < -0.4 is 4.90 Å². The largest absolute Gasteiger partial charge is 0.290 e. The molecular formula is C21H18NO+. The van der Waals surface area contributed by atoms with Gasteiger partial charge in [0.25, 0.3) is 0 Å². The molecule has 1 aliphatic heterocycles. The third kappa shape index (κ3) is 2.28. The number of carbonyl (C=O) groups excluding carboxylic acids is 1. The molecule has 0 aromatic heterocycles. The highest BCUT2D eigenvalue weighted by Gasteiger charge is 2.30. The lowest BCUT2D eigenvalue weighted by Crippen LogP contribution is -3.02. The first-order valence-electron chi connectivity index (χ1n) is 7.98. The van der Waals surface area contributed by atoms with E-state index in [-0.39, 0.29) is 5.78 Å². The van der Waals surface area contributed by atoms with E-state index in [1.165, 1.54) is 32.6 Å². The number of nitrogens with one attached hydrogen (secondary N) is 1. The predicted molar refractivity (Wildman–Crippen MR) is 94.5 cm³/mol. The minimum Gasteiger partial charge on any atom is -0.290 e. The highest BCUT2D eigenvalue weighted by molar-refractivity contribution is 6.03. The fourth-order valence-corrected chi connectivity index (χ4v) is 3.45. The fourth-order valence-electron chi connectivity index (χ4n) is 3.45. The summed E-state index contributed by atoms with van der Waals surface area (Å²) in [5, 5.41) is 2.66. The lowest BCUT2D eigenvalue weighted by atomic mass is 10.0. The van der Waals surface area contributed by atoms with Crippen molar-refractivity contribution in [1.82, 2.24) is 0 Å². The van der Waals surface area contributed by atoms with Gasteiger partial charge in [0.15, 0.2) is 5.78 Å². The number of hydrogen-bond acceptors (Lipinski definition) is 1. The van der Waals surface area contributed by atoms with Crippen molar-refractivity contribution in [1.29, 1.82) is 0 Å². The van der Waals surface area contributed by atoms with Gasteiger partial charge in [-0.25, -0.2) is 0 Å². The fraction of sp³-hybridized carbons (Fsp3) is 0.0952. The van der Waals surface area contributed by atoms with E-state index in [4.69, 9.17) is 0 Å².